The number of nitrogens with one attached hydrogen (secondary N) is 1. The second kappa shape index (κ2) is 4.57. The molecule has 0 bridgehead atoms. The maximum atomic E-state index is 12.3. The van der Waals surface area contributed by atoms with E-state index in [1.54, 1.807) is 0 Å². The Kier molecular flexibility index (Phi) is 3.11. The molecule has 3 aliphatic rings. The molecule has 3 rings (SSSR count). The van der Waals surface area contributed by atoms with E-state index in [-0.39, 0.29) is 6.04 Å². The molecular weight excluding hydrogens is 220 g/mol. The molecule has 2 saturated carbocycles. The molecule has 2 aliphatic carbocycles. The largest absolute Gasteiger partial charge is 0.341 e. The van der Waals surface area contributed by atoms with Crippen molar-refractivity contribution in [2.24, 2.45) is 11.8 Å². The monoisotopic (exact) mass is 240 g/mol. The van der Waals surface area contributed by atoms with Gasteiger partial charge in [-0.05, 0) is 37.5 Å². The van der Waals surface area contributed by atoms with Gasteiger partial charge in [-0.2, -0.15) is 0 Å². The van der Waals surface area contributed by atoms with Crippen LogP contribution in [0.1, 0.15) is 25.7 Å². The quantitative estimate of drug-likeness (QED) is 0.786. The molecular formula is C12H20N2OS. The molecule has 0 spiro atoms. The normalized spacial score (nSPS) is 29.4. The topological polar surface area (TPSA) is 32.3 Å². The number of hydrogen-bond donors (Lipinski definition) is 1. The predicted octanol–water partition coefficient (Wildman–Crippen LogP) is 1.30. The molecule has 16 heavy (non-hydrogen) atoms. The van der Waals surface area contributed by atoms with E-state index >= 15 is 0 Å². The van der Waals surface area contributed by atoms with Gasteiger partial charge < -0.3 is 4.90 Å². The van der Waals surface area contributed by atoms with Crippen LogP contribution >= 0.6 is 11.8 Å². The Morgan fingerprint density at radius 3 is 2.25 bits per heavy atom. The molecule has 3 nitrogen and oxygen atoms in total. The smallest absolute Gasteiger partial charge is 0.240 e. The fraction of sp³-hybridized carbons (Fsp3) is 0.917. The van der Waals surface area contributed by atoms with Crippen molar-refractivity contribution in [1.82, 2.24) is 10.2 Å². The van der Waals surface area contributed by atoms with Gasteiger partial charge in [-0.15, -0.1) is 11.8 Å². The molecule has 1 amide bonds. The van der Waals surface area contributed by atoms with Crippen LogP contribution in [-0.4, -0.2) is 41.6 Å². The standard InChI is InChI=1S/C12H20N2OS/c15-12(11-7-16-8-13-11)14(5-9-1-2-9)6-10-3-4-10/h9-11,13H,1-8H2. The predicted molar refractivity (Wildman–Crippen MR) is 66.3 cm³/mol. The number of hydrogen-bond acceptors (Lipinski definition) is 3. The molecule has 0 aromatic heterocycles. The van der Waals surface area contributed by atoms with E-state index in [2.05, 4.69) is 10.2 Å². The van der Waals surface area contributed by atoms with E-state index in [1.165, 1.54) is 25.7 Å². The minimum absolute atomic E-state index is 0.0995. The summed E-state index contributed by atoms with van der Waals surface area (Å²) in [4.78, 5) is 14.5. The summed E-state index contributed by atoms with van der Waals surface area (Å²) >= 11 is 1.84. The van der Waals surface area contributed by atoms with Gasteiger partial charge >= 0.3 is 0 Å². The van der Waals surface area contributed by atoms with Crippen molar-refractivity contribution in [2.75, 3.05) is 24.7 Å². The maximum Gasteiger partial charge on any atom is 0.240 e. The first-order valence-corrected chi connectivity index (χ1v) is 7.58. The number of thioether (sulfide) groups is 1. The van der Waals surface area contributed by atoms with Gasteiger partial charge in [0, 0.05) is 24.7 Å². The lowest BCUT2D eigenvalue weighted by Gasteiger charge is -2.25. The first-order valence-electron chi connectivity index (χ1n) is 6.43. The molecule has 4 heteroatoms. The zero-order chi connectivity index (χ0) is 11.0. The first-order chi connectivity index (χ1) is 7.83. The van der Waals surface area contributed by atoms with Crippen LogP contribution in [0, 0.1) is 11.8 Å². The van der Waals surface area contributed by atoms with Gasteiger partial charge in [0.2, 0.25) is 5.91 Å². The Morgan fingerprint density at radius 2 is 1.81 bits per heavy atom. The summed E-state index contributed by atoms with van der Waals surface area (Å²) in [5.41, 5.74) is 0. The SMILES string of the molecule is O=C(C1CSCN1)N(CC1CC1)CC1CC1. The zero-order valence-electron chi connectivity index (χ0n) is 9.65. The van der Waals surface area contributed by atoms with Crippen LogP contribution in [0.5, 0.6) is 0 Å². The summed E-state index contributed by atoms with van der Waals surface area (Å²) in [5.74, 6) is 3.90. The summed E-state index contributed by atoms with van der Waals surface area (Å²) < 4.78 is 0. The van der Waals surface area contributed by atoms with Crippen molar-refractivity contribution >= 4 is 17.7 Å². The average Bonchev–Trinajstić information content (AvgIpc) is 3.20. The van der Waals surface area contributed by atoms with E-state index < -0.39 is 0 Å². The van der Waals surface area contributed by atoms with Crippen molar-refractivity contribution in [3.8, 4) is 0 Å². The summed E-state index contributed by atoms with van der Waals surface area (Å²) in [7, 11) is 0. The molecule has 1 aliphatic heterocycles. The Labute approximate surface area is 101 Å². The van der Waals surface area contributed by atoms with Gasteiger partial charge in [0.15, 0.2) is 0 Å². The Bertz CT molecular complexity index is 256. The highest BCUT2D eigenvalue weighted by Crippen LogP contribution is 2.34. The molecule has 1 unspecified atom stereocenters. The Morgan fingerprint density at radius 1 is 1.19 bits per heavy atom. The number of carbonyl (C=O) groups excluding carboxylic acids is 1. The Hall–Kier alpha value is -0.220. The molecule has 0 aromatic rings. The molecule has 3 fully saturated rings. The molecule has 1 N–H and O–H groups in total. The maximum absolute atomic E-state index is 12.3. The minimum atomic E-state index is 0.0995. The van der Waals surface area contributed by atoms with Crippen LogP contribution in [-0.2, 0) is 4.79 Å². The van der Waals surface area contributed by atoms with E-state index in [1.807, 2.05) is 11.8 Å². The van der Waals surface area contributed by atoms with Gasteiger partial charge in [0.05, 0.1) is 6.04 Å². The van der Waals surface area contributed by atoms with Crippen molar-refractivity contribution in [2.45, 2.75) is 31.7 Å². The lowest BCUT2D eigenvalue weighted by Crippen LogP contribution is -2.46. The lowest BCUT2D eigenvalue weighted by atomic mass is 10.2. The van der Waals surface area contributed by atoms with Crippen LogP contribution < -0.4 is 5.32 Å². The fourth-order valence-electron chi connectivity index (χ4n) is 2.25. The second-order valence-electron chi connectivity index (χ2n) is 5.40. The van der Waals surface area contributed by atoms with Gasteiger partial charge in [-0.3, -0.25) is 10.1 Å². The van der Waals surface area contributed by atoms with E-state index in [0.717, 1.165) is 36.6 Å². The number of rotatable bonds is 5. The molecule has 1 atom stereocenters. The number of amides is 1. The summed E-state index contributed by atoms with van der Waals surface area (Å²) in [6, 6.07) is 0.0995. The highest BCUT2D eigenvalue weighted by molar-refractivity contribution is 7.99. The molecule has 0 radical (unpaired) electrons. The van der Waals surface area contributed by atoms with Crippen molar-refractivity contribution in [3.63, 3.8) is 0 Å². The minimum Gasteiger partial charge on any atom is -0.341 e. The third kappa shape index (κ3) is 2.72. The van der Waals surface area contributed by atoms with Crippen molar-refractivity contribution < 1.29 is 4.79 Å². The summed E-state index contributed by atoms with van der Waals surface area (Å²) in [5, 5.41) is 3.30. The summed E-state index contributed by atoms with van der Waals surface area (Å²) in [6.45, 7) is 2.05. The van der Waals surface area contributed by atoms with Crippen LogP contribution in [0.4, 0.5) is 0 Å². The Balaban J connectivity index is 1.57. The van der Waals surface area contributed by atoms with Gasteiger partial charge in [-0.1, -0.05) is 0 Å². The van der Waals surface area contributed by atoms with Crippen molar-refractivity contribution in [3.05, 3.63) is 0 Å². The molecule has 1 heterocycles. The average molecular weight is 240 g/mol. The molecule has 90 valence electrons. The van der Waals surface area contributed by atoms with Crippen LogP contribution in [0.25, 0.3) is 0 Å². The lowest BCUT2D eigenvalue weighted by molar-refractivity contribution is -0.133. The van der Waals surface area contributed by atoms with E-state index in [0.29, 0.717) is 5.91 Å². The van der Waals surface area contributed by atoms with Gasteiger partial charge in [0.25, 0.3) is 0 Å². The highest BCUT2D eigenvalue weighted by Gasteiger charge is 2.34. The summed E-state index contributed by atoms with van der Waals surface area (Å²) in [6.07, 6.45) is 5.34. The van der Waals surface area contributed by atoms with Gasteiger partial charge in [-0.25, -0.2) is 0 Å². The first kappa shape index (κ1) is 10.9. The third-order valence-electron chi connectivity index (χ3n) is 3.68. The zero-order valence-corrected chi connectivity index (χ0v) is 10.5. The number of carbonyl (C=O) groups is 1. The van der Waals surface area contributed by atoms with Crippen LogP contribution in [0.15, 0.2) is 0 Å². The highest BCUT2D eigenvalue weighted by atomic mass is 32.2. The van der Waals surface area contributed by atoms with Crippen molar-refractivity contribution in [1.29, 1.82) is 0 Å². The second-order valence-corrected chi connectivity index (χ2v) is 6.43. The van der Waals surface area contributed by atoms with Crippen LogP contribution in [0.2, 0.25) is 0 Å². The number of nitrogens with zero attached hydrogens (tertiary/aromatic N) is 1. The third-order valence-corrected chi connectivity index (χ3v) is 4.62. The van der Waals surface area contributed by atoms with Gasteiger partial charge in [0.1, 0.15) is 0 Å². The molecule has 1 saturated heterocycles. The van der Waals surface area contributed by atoms with E-state index in [9.17, 15) is 4.79 Å². The fourth-order valence-corrected chi connectivity index (χ4v) is 3.19. The van der Waals surface area contributed by atoms with Crippen LogP contribution in [0.3, 0.4) is 0 Å². The van der Waals surface area contributed by atoms with E-state index in [4.69, 9.17) is 0 Å². The molecule has 0 aromatic carbocycles.